The molecule has 0 radical (unpaired) electrons. The van der Waals surface area contributed by atoms with Crippen LogP contribution < -0.4 is 4.72 Å². The van der Waals surface area contributed by atoms with Crippen LogP contribution in [0.4, 0.5) is 0 Å². The minimum Gasteiger partial charge on any atom is -0.494 e. The molecule has 1 fully saturated rings. The van der Waals surface area contributed by atoms with E-state index < -0.39 is 0 Å². The first-order chi connectivity index (χ1) is 5.86. The highest BCUT2D eigenvalue weighted by Gasteiger charge is 2.26. The van der Waals surface area contributed by atoms with Crippen molar-refractivity contribution in [3.05, 3.63) is 12.0 Å². The van der Waals surface area contributed by atoms with Gasteiger partial charge in [-0.25, -0.2) is 4.72 Å². The van der Waals surface area contributed by atoms with Gasteiger partial charge < -0.3 is 4.74 Å². The molecule has 12 heavy (non-hydrogen) atoms. The Bertz CT molecular complexity index is 172. The van der Waals surface area contributed by atoms with Gasteiger partial charge in [0.05, 0.1) is 6.04 Å². The summed E-state index contributed by atoms with van der Waals surface area (Å²) in [6.45, 7) is 7.83. The molecule has 1 N–H and O–H groups in total. The number of hydrogen-bond donors (Lipinski definition) is 1. The summed E-state index contributed by atoms with van der Waals surface area (Å²) in [5.41, 5.74) is 0. The molecule has 2 aliphatic heterocycles. The molecule has 0 amide bonds. The largest absolute Gasteiger partial charge is 0.494 e. The van der Waals surface area contributed by atoms with E-state index in [0.29, 0.717) is 6.04 Å². The summed E-state index contributed by atoms with van der Waals surface area (Å²) < 4.78 is 10.8. The molecule has 2 aliphatic rings. The third kappa shape index (κ3) is 2.08. The van der Waals surface area contributed by atoms with Gasteiger partial charge in [-0.15, -0.1) is 0 Å². The number of rotatable bonds is 0. The first kappa shape index (κ1) is 9.74. The van der Waals surface area contributed by atoms with Crippen LogP contribution in [0, 0.1) is 0 Å². The van der Waals surface area contributed by atoms with Crippen molar-refractivity contribution in [3.63, 3.8) is 0 Å². The third-order valence-electron chi connectivity index (χ3n) is 1.66. The van der Waals surface area contributed by atoms with Gasteiger partial charge in [0.25, 0.3) is 0 Å². The number of ether oxygens (including phenoxy) is 1. The lowest BCUT2D eigenvalue weighted by Gasteiger charge is -2.25. The van der Waals surface area contributed by atoms with Gasteiger partial charge in [-0.2, -0.15) is 0 Å². The second-order valence-corrected chi connectivity index (χ2v) is 3.40. The van der Waals surface area contributed by atoms with Crippen molar-refractivity contribution in [3.8, 4) is 0 Å². The van der Waals surface area contributed by atoms with Crippen molar-refractivity contribution in [2.45, 2.75) is 26.8 Å². The maximum absolute atomic E-state index is 5.36. The summed E-state index contributed by atoms with van der Waals surface area (Å²) in [5, 5.41) is 0. The second kappa shape index (κ2) is 4.62. The van der Waals surface area contributed by atoms with Gasteiger partial charge >= 0.3 is 0 Å². The smallest absolute Gasteiger partial charge is 0.110 e. The van der Waals surface area contributed by atoms with Crippen molar-refractivity contribution >= 4 is 12.1 Å². The molecule has 0 aromatic rings. The first-order valence-corrected chi connectivity index (χ1v) is 5.13. The fourth-order valence-corrected chi connectivity index (χ4v) is 1.98. The highest BCUT2D eigenvalue weighted by Crippen LogP contribution is 2.24. The Kier molecular flexibility index (Phi) is 3.75. The fraction of sp³-hybridized carbons (Fsp3) is 0.750. The van der Waals surface area contributed by atoms with E-state index in [1.807, 2.05) is 27.0 Å². The van der Waals surface area contributed by atoms with Crippen LogP contribution in [0.5, 0.6) is 0 Å². The number of hydrogen-bond acceptors (Lipinski definition) is 4. The van der Waals surface area contributed by atoms with E-state index in [0.717, 1.165) is 18.9 Å². The summed E-state index contributed by atoms with van der Waals surface area (Å²) >= 11 is 1.66. The van der Waals surface area contributed by atoms with Gasteiger partial charge in [0.2, 0.25) is 0 Å². The van der Waals surface area contributed by atoms with E-state index in [9.17, 15) is 0 Å². The molecule has 0 spiro atoms. The standard InChI is InChI=1S/C6H10N2OS.C2H6/c1-5-3-8-6(4-9-5)2-7-10-8;1-2/h3,6-7H,2,4H2,1H3;1-2H3. The van der Waals surface area contributed by atoms with Crippen LogP contribution in [0.15, 0.2) is 12.0 Å². The van der Waals surface area contributed by atoms with E-state index in [-0.39, 0.29) is 0 Å². The minimum absolute atomic E-state index is 0.536. The Labute approximate surface area is 78.4 Å². The summed E-state index contributed by atoms with van der Waals surface area (Å²) in [4.78, 5) is 0. The Balaban J connectivity index is 0.000000336. The Morgan fingerprint density at radius 2 is 2.42 bits per heavy atom. The first-order valence-electron chi connectivity index (χ1n) is 4.35. The molecule has 1 unspecified atom stereocenters. The molecule has 2 heterocycles. The average molecular weight is 188 g/mol. The molecule has 1 saturated heterocycles. The predicted molar refractivity (Wildman–Crippen MR) is 52.3 cm³/mol. The summed E-state index contributed by atoms with van der Waals surface area (Å²) in [7, 11) is 0. The van der Waals surface area contributed by atoms with Crippen LogP contribution in [0.2, 0.25) is 0 Å². The summed E-state index contributed by atoms with van der Waals surface area (Å²) in [6.07, 6.45) is 2.04. The van der Waals surface area contributed by atoms with Gasteiger partial charge in [-0.1, -0.05) is 13.8 Å². The van der Waals surface area contributed by atoms with Crippen LogP contribution in [0.25, 0.3) is 0 Å². The monoisotopic (exact) mass is 188 g/mol. The number of allylic oxidation sites excluding steroid dienone is 1. The van der Waals surface area contributed by atoms with Crippen molar-refractivity contribution in [2.24, 2.45) is 0 Å². The minimum atomic E-state index is 0.536. The molecule has 0 aliphatic carbocycles. The fourth-order valence-electron chi connectivity index (χ4n) is 1.08. The van der Waals surface area contributed by atoms with Gasteiger partial charge in [-0.05, 0) is 6.92 Å². The number of nitrogens with one attached hydrogen (secondary N) is 1. The van der Waals surface area contributed by atoms with Crippen molar-refractivity contribution in [2.75, 3.05) is 13.2 Å². The van der Waals surface area contributed by atoms with Crippen LogP contribution in [-0.4, -0.2) is 23.5 Å². The molecule has 3 nitrogen and oxygen atoms in total. The van der Waals surface area contributed by atoms with Crippen molar-refractivity contribution in [1.29, 1.82) is 0 Å². The van der Waals surface area contributed by atoms with Gasteiger partial charge in [-0.3, -0.25) is 4.31 Å². The summed E-state index contributed by atoms with van der Waals surface area (Å²) in [6, 6.07) is 0.536. The molecule has 0 aromatic carbocycles. The van der Waals surface area contributed by atoms with E-state index in [1.54, 1.807) is 12.1 Å². The van der Waals surface area contributed by atoms with Crippen LogP contribution in [0.3, 0.4) is 0 Å². The lowest BCUT2D eigenvalue weighted by atomic mass is 10.3. The predicted octanol–water partition coefficient (Wildman–Crippen LogP) is 1.74. The second-order valence-electron chi connectivity index (χ2n) is 2.50. The molecule has 0 saturated carbocycles. The molecule has 0 bridgehead atoms. The molecule has 2 rings (SSSR count). The van der Waals surface area contributed by atoms with Gasteiger partial charge in [0.15, 0.2) is 0 Å². The zero-order valence-electron chi connectivity index (χ0n) is 7.83. The van der Waals surface area contributed by atoms with E-state index in [2.05, 4.69) is 9.03 Å². The number of nitrogens with zero attached hydrogens (tertiary/aromatic N) is 1. The summed E-state index contributed by atoms with van der Waals surface area (Å²) in [5.74, 6) is 1.01. The molecule has 70 valence electrons. The van der Waals surface area contributed by atoms with Crippen molar-refractivity contribution in [1.82, 2.24) is 9.03 Å². The Hall–Kier alpha value is -0.350. The maximum atomic E-state index is 5.36. The van der Waals surface area contributed by atoms with Crippen LogP contribution in [-0.2, 0) is 4.74 Å². The van der Waals surface area contributed by atoms with Crippen LogP contribution in [0.1, 0.15) is 20.8 Å². The maximum Gasteiger partial charge on any atom is 0.110 e. The quantitative estimate of drug-likeness (QED) is 0.585. The lowest BCUT2D eigenvalue weighted by Crippen LogP contribution is -2.31. The molecule has 4 heteroatoms. The average Bonchev–Trinajstić information content (AvgIpc) is 2.54. The molecule has 0 aromatic heterocycles. The zero-order valence-corrected chi connectivity index (χ0v) is 8.65. The van der Waals surface area contributed by atoms with Gasteiger partial charge in [0, 0.05) is 24.9 Å². The molecular formula is C8H16N2OS. The SMILES string of the molecule is CC.CC1=CN2SNCC2CO1. The van der Waals surface area contributed by atoms with Crippen molar-refractivity contribution < 1.29 is 4.74 Å². The highest BCUT2D eigenvalue weighted by molar-refractivity contribution is 7.95. The lowest BCUT2D eigenvalue weighted by molar-refractivity contribution is 0.142. The Morgan fingerprint density at radius 3 is 3.17 bits per heavy atom. The topological polar surface area (TPSA) is 24.5 Å². The molecule has 1 atom stereocenters. The van der Waals surface area contributed by atoms with E-state index in [1.165, 1.54) is 0 Å². The van der Waals surface area contributed by atoms with Crippen LogP contribution >= 0.6 is 12.1 Å². The van der Waals surface area contributed by atoms with E-state index in [4.69, 9.17) is 4.74 Å². The molecular weight excluding hydrogens is 172 g/mol. The normalized spacial score (nSPS) is 26.4. The number of fused-ring (bicyclic) bond motifs is 1. The third-order valence-corrected chi connectivity index (χ3v) is 2.57. The Morgan fingerprint density at radius 1 is 1.67 bits per heavy atom. The van der Waals surface area contributed by atoms with E-state index >= 15 is 0 Å². The highest BCUT2D eigenvalue weighted by atomic mass is 32.2. The van der Waals surface area contributed by atoms with Gasteiger partial charge in [0.1, 0.15) is 12.4 Å². The zero-order chi connectivity index (χ0) is 8.97.